The number of rotatable bonds is 5. The highest BCUT2D eigenvalue weighted by molar-refractivity contribution is 7.16. The van der Waals surface area contributed by atoms with Crippen molar-refractivity contribution in [2.24, 2.45) is 0 Å². The molecule has 0 spiro atoms. The summed E-state index contributed by atoms with van der Waals surface area (Å²) in [7, 11) is 0. The maximum atomic E-state index is 12.1. The summed E-state index contributed by atoms with van der Waals surface area (Å²) in [4.78, 5) is 38.0. The molecule has 21 heavy (non-hydrogen) atoms. The van der Waals surface area contributed by atoms with Crippen LogP contribution in [0.25, 0.3) is 0 Å². The molecule has 2 heterocycles. The van der Waals surface area contributed by atoms with E-state index in [2.05, 4.69) is 10.3 Å². The lowest BCUT2D eigenvalue weighted by Crippen LogP contribution is -2.13. The molecule has 7 heteroatoms. The van der Waals surface area contributed by atoms with Crippen LogP contribution in [0, 0.1) is 0 Å². The SMILES string of the molecule is CCc1cc(C(=O)O)c(NC(=O)c2cc(C(C)=O)c[nH]2)s1. The van der Waals surface area contributed by atoms with Crippen molar-refractivity contribution in [1.29, 1.82) is 0 Å². The second kappa shape index (κ2) is 5.92. The lowest BCUT2D eigenvalue weighted by molar-refractivity contribution is 0.0698. The van der Waals surface area contributed by atoms with Crippen LogP contribution in [0.2, 0.25) is 0 Å². The average molecular weight is 306 g/mol. The third-order valence-corrected chi connectivity index (χ3v) is 4.12. The number of carbonyl (C=O) groups is 3. The first kappa shape index (κ1) is 15.0. The maximum absolute atomic E-state index is 12.1. The molecule has 0 saturated carbocycles. The van der Waals surface area contributed by atoms with Gasteiger partial charge in [0.15, 0.2) is 5.78 Å². The smallest absolute Gasteiger partial charge is 0.338 e. The van der Waals surface area contributed by atoms with Gasteiger partial charge in [0.1, 0.15) is 10.7 Å². The number of ketones is 1. The van der Waals surface area contributed by atoms with Gasteiger partial charge < -0.3 is 15.4 Å². The summed E-state index contributed by atoms with van der Waals surface area (Å²) in [5.74, 6) is -1.72. The summed E-state index contributed by atoms with van der Waals surface area (Å²) in [6.07, 6.45) is 2.14. The number of amides is 1. The Hall–Kier alpha value is -2.41. The van der Waals surface area contributed by atoms with E-state index in [0.29, 0.717) is 17.0 Å². The molecule has 0 aliphatic heterocycles. The summed E-state index contributed by atoms with van der Waals surface area (Å²) in [6.45, 7) is 3.31. The Balaban J connectivity index is 2.24. The zero-order valence-corrected chi connectivity index (χ0v) is 12.3. The van der Waals surface area contributed by atoms with Crippen LogP contribution in [0.5, 0.6) is 0 Å². The van der Waals surface area contributed by atoms with Crippen molar-refractivity contribution in [2.75, 3.05) is 5.32 Å². The van der Waals surface area contributed by atoms with Crippen LogP contribution < -0.4 is 5.32 Å². The number of aromatic amines is 1. The zero-order valence-electron chi connectivity index (χ0n) is 11.5. The Bertz CT molecular complexity index is 714. The molecule has 0 aromatic carbocycles. The molecule has 0 unspecified atom stereocenters. The van der Waals surface area contributed by atoms with Gasteiger partial charge in [-0.1, -0.05) is 6.92 Å². The van der Waals surface area contributed by atoms with Gasteiger partial charge in [-0.05, 0) is 25.5 Å². The average Bonchev–Trinajstić information content (AvgIpc) is 3.04. The predicted molar refractivity (Wildman–Crippen MR) is 79.4 cm³/mol. The molecular weight excluding hydrogens is 292 g/mol. The number of aromatic nitrogens is 1. The van der Waals surface area contributed by atoms with Crippen molar-refractivity contribution in [3.8, 4) is 0 Å². The van der Waals surface area contributed by atoms with Crippen LogP contribution in [0.3, 0.4) is 0 Å². The van der Waals surface area contributed by atoms with E-state index in [1.165, 1.54) is 30.5 Å². The molecule has 3 N–H and O–H groups in total. The Morgan fingerprint density at radius 1 is 1.33 bits per heavy atom. The Labute approximate surface area is 124 Å². The highest BCUT2D eigenvalue weighted by Gasteiger charge is 2.18. The van der Waals surface area contributed by atoms with Gasteiger partial charge in [0.05, 0.1) is 5.56 Å². The lowest BCUT2D eigenvalue weighted by Gasteiger charge is -2.02. The quantitative estimate of drug-likeness (QED) is 0.739. The summed E-state index contributed by atoms with van der Waals surface area (Å²) in [6, 6.07) is 2.99. The highest BCUT2D eigenvalue weighted by atomic mass is 32.1. The molecule has 0 aliphatic carbocycles. The summed E-state index contributed by atoms with van der Waals surface area (Å²) in [5.41, 5.74) is 0.686. The maximum Gasteiger partial charge on any atom is 0.338 e. The molecule has 2 rings (SSSR count). The molecule has 0 aliphatic rings. The van der Waals surface area contributed by atoms with E-state index in [1.54, 1.807) is 6.07 Å². The third-order valence-electron chi connectivity index (χ3n) is 2.92. The minimum Gasteiger partial charge on any atom is -0.478 e. The fourth-order valence-corrected chi connectivity index (χ4v) is 2.75. The highest BCUT2D eigenvalue weighted by Crippen LogP contribution is 2.29. The number of carbonyl (C=O) groups excluding carboxylic acids is 2. The van der Waals surface area contributed by atoms with Crippen molar-refractivity contribution in [1.82, 2.24) is 4.98 Å². The zero-order chi connectivity index (χ0) is 15.6. The van der Waals surface area contributed by atoms with Crippen molar-refractivity contribution in [3.05, 3.63) is 40.0 Å². The Morgan fingerprint density at radius 3 is 2.57 bits per heavy atom. The van der Waals surface area contributed by atoms with Gasteiger partial charge in [-0.25, -0.2) is 4.79 Å². The number of H-pyrrole nitrogens is 1. The molecule has 110 valence electrons. The number of Topliss-reactive ketones (excluding diaryl/α,β-unsaturated/α-hetero) is 1. The van der Waals surface area contributed by atoms with Gasteiger partial charge >= 0.3 is 5.97 Å². The van der Waals surface area contributed by atoms with Crippen LogP contribution >= 0.6 is 11.3 Å². The first-order valence-electron chi connectivity index (χ1n) is 6.29. The minimum absolute atomic E-state index is 0.0727. The fraction of sp³-hybridized carbons (Fsp3) is 0.214. The standard InChI is InChI=1S/C14H14N2O4S/c1-3-9-5-10(14(19)20)13(21-9)16-12(18)11-4-8(6-15-11)7(2)17/h4-6,15H,3H2,1-2H3,(H,16,18)(H,19,20). The normalized spacial score (nSPS) is 10.4. The van der Waals surface area contributed by atoms with E-state index in [9.17, 15) is 14.4 Å². The van der Waals surface area contributed by atoms with Crippen LogP contribution in [0.4, 0.5) is 5.00 Å². The summed E-state index contributed by atoms with van der Waals surface area (Å²) >= 11 is 1.23. The van der Waals surface area contributed by atoms with E-state index >= 15 is 0 Å². The van der Waals surface area contributed by atoms with Crippen LogP contribution in [0.1, 0.15) is 49.9 Å². The number of nitrogens with one attached hydrogen (secondary N) is 2. The number of aromatic carboxylic acids is 1. The van der Waals surface area contributed by atoms with E-state index in [0.717, 1.165) is 4.88 Å². The van der Waals surface area contributed by atoms with E-state index < -0.39 is 11.9 Å². The van der Waals surface area contributed by atoms with Crippen LogP contribution in [-0.4, -0.2) is 27.8 Å². The van der Waals surface area contributed by atoms with Gasteiger partial charge in [-0.15, -0.1) is 11.3 Å². The second-order valence-electron chi connectivity index (χ2n) is 4.43. The first-order chi connectivity index (χ1) is 9.92. The number of aryl methyl sites for hydroxylation is 1. The summed E-state index contributed by atoms with van der Waals surface area (Å²) < 4.78 is 0. The number of hydrogen-bond donors (Lipinski definition) is 3. The van der Waals surface area contributed by atoms with Gasteiger partial charge in [0.25, 0.3) is 5.91 Å². The number of carboxylic acid groups (broad SMARTS) is 1. The van der Waals surface area contributed by atoms with Gasteiger partial charge in [-0.3, -0.25) is 9.59 Å². The summed E-state index contributed by atoms with van der Waals surface area (Å²) in [5, 5.41) is 12.0. The van der Waals surface area contributed by atoms with Crippen molar-refractivity contribution in [2.45, 2.75) is 20.3 Å². The Kier molecular flexibility index (Phi) is 4.23. The van der Waals surface area contributed by atoms with Crippen molar-refractivity contribution >= 4 is 34.0 Å². The van der Waals surface area contributed by atoms with Gasteiger partial charge in [-0.2, -0.15) is 0 Å². The molecule has 1 amide bonds. The molecular formula is C14H14N2O4S. The topological polar surface area (TPSA) is 99.3 Å². The van der Waals surface area contributed by atoms with Gasteiger partial charge in [0, 0.05) is 16.6 Å². The largest absolute Gasteiger partial charge is 0.478 e. The monoisotopic (exact) mass is 306 g/mol. The molecule has 0 atom stereocenters. The van der Waals surface area contributed by atoms with Crippen LogP contribution in [-0.2, 0) is 6.42 Å². The third kappa shape index (κ3) is 3.19. The molecule has 0 bridgehead atoms. The number of hydrogen-bond acceptors (Lipinski definition) is 4. The number of carboxylic acids is 1. The van der Waals surface area contributed by atoms with Crippen molar-refractivity contribution in [3.63, 3.8) is 0 Å². The molecule has 6 nitrogen and oxygen atoms in total. The molecule has 0 fully saturated rings. The number of anilines is 1. The molecule has 0 saturated heterocycles. The fourth-order valence-electron chi connectivity index (χ4n) is 1.77. The molecule has 2 aromatic rings. The minimum atomic E-state index is -1.09. The molecule has 0 radical (unpaired) electrons. The predicted octanol–water partition coefficient (Wildman–Crippen LogP) is 2.79. The first-order valence-corrected chi connectivity index (χ1v) is 7.10. The van der Waals surface area contributed by atoms with E-state index in [1.807, 2.05) is 6.92 Å². The number of thiophene rings is 1. The Morgan fingerprint density at radius 2 is 2.05 bits per heavy atom. The van der Waals surface area contributed by atoms with E-state index in [4.69, 9.17) is 5.11 Å². The van der Waals surface area contributed by atoms with E-state index in [-0.39, 0.29) is 17.0 Å². The van der Waals surface area contributed by atoms with Crippen LogP contribution in [0.15, 0.2) is 18.3 Å². The van der Waals surface area contributed by atoms with Crippen molar-refractivity contribution < 1.29 is 19.5 Å². The van der Waals surface area contributed by atoms with Gasteiger partial charge in [0.2, 0.25) is 0 Å². The second-order valence-corrected chi connectivity index (χ2v) is 5.56. The lowest BCUT2D eigenvalue weighted by atomic mass is 10.2. The molecule has 2 aromatic heterocycles.